The standard InChI is InChI=1S/C15H21NO/c1-2-13-4-3-5-15(16-13)17-14-9-11-6-7-12(8-11)10-14/h3-5,11-12,14H,2,6-10H2,1H3/t11-,12+,14-. The molecule has 0 N–H and O–H groups in total. The van der Waals surface area contributed by atoms with Crippen molar-refractivity contribution in [2.24, 2.45) is 11.8 Å². The van der Waals surface area contributed by atoms with E-state index in [2.05, 4.69) is 24.0 Å². The first-order valence-corrected chi connectivity index (χ1v) is 6.96. The van der Waals surface area contributed by atoms with E-state index < -0.39 is 0 Å². The zero-order valence-electron chi connectivity index (χ0n) is 10.6. The maximum absolute atomic E-state index is 6.07. The zero-order valence-corrected chi connectivity index (χ0v) is 10.6. The Morgan fingerprint density at radius 3 is 2.65 bits per heavy atom. The molecule has 0 spiro atoms. The van der Waals surface area contributed by atoms with Crippen molar-refractivity contribution in [1.29, 1.82) is 0 Å². The maximum atomic E-state index is 6.07. The summed E-state index contributed by atoms with van der Waals surface area (Å²) in [6, 6.07) is 6.12. The summed E-state index contributed by atoms with van der Waals surface area (Å²) in [5.74, 6) is 2.68. The quantitative estimate of drug-likeness (QED) is 0.793. The minimum absolute atomic E-state index is 0.417. The lowest BCUT2D eigenvalue weighted by molar-refractivity contribution is 0.113. The van der Waals surface area contributed by atoms with Crippen LogP contribution in [-0.4, -0.2) is 11.1 Å². The van der Waals surface area contributed by atoms with Gasteiger partial charge in [0.2, 0.25) is 5.88 Å². The van der Waals surface area contributed by atoms with Gasteiger partial charge in [-0.2, -0.15) is 0 Å². The molecule has 3 rings (SSSR count). The lowest BCUT2D eigenvalue weighted by Gasteiger charge is -2.27. The lowest BCUT2D eigenvalue weighted by atomic mass is 9.87. The molecule has 2 saturated carbocycles. The molecule has 2 bridgehead atoms. The van der Waals surface area contributed by atoms with Crippen LogP contribution >= 0.6 is 0 Å². The van der Waals surface area contributed by atoms with E-state index in [-0.39, 0.29) is 0 Å². The summed E-state index contributed by atoms with van der Waals surface area (Å²) in [5, 5.41) is 0. The van der Waals surface area contributed by atoms with E-state index in [1.165, 1.54) is 32.1 Å². The van der Waals surface area contributed by atoms with Gasteiger partial charge in [0, 0.05) is 11.8 Å². The smallest absolute Gasteiger partial charge is 0.213 e. The van der Waals surface area contributed by atoms with Crippen LogP contribution in [0.25, 0.3) is 0 Å². The van der Waals surface area contributed by atoms with Crippen LogP contribution in [0.4, 0.5) is 0 Å². The zero-order chi connectivity index (χ0) is 11.7. The predicted octanol–water partition coefficient (Wildman–Crippen LogP) is 3.60. The Labute approximate surface area is 103 Å². The number of nitrogens with zero attached hydrogens (tertiary/aromatic N) is 1. The molecule has 2 aliphatic rings. The number of pyridine rings is 1. The molecule has 2 fully saturated rings. The third-order valence-electron chi connectivity index (χ3n) is 4.27. The third kappa shape index (κ3) is 2.46. The number of hydrogen-bond donors (Lipinski definition) is 0. The van der Waals surface area contributed by atoms with E-state index in [4.69, 9.17) is 4.74 Å². The van der Waals surface area contributed by atoms with Gasteiger partial charge in [-0.15, -0.1) is 0 Å². The fraction of sp³-hybridized carbons (Fsp3) is 0.667. The molecule has 3 atom stereocenters. The summed E-state index contributed by atoms with van der Waals surface area (Å²) in [6.45, 7) is 2.13. The monoisotopic (exact) mass is 231 g/mol. The molecule has 2 nitrogen and oxygen atoms in total. The topological polar surface area (TPSA) is 22.1 Å². The van der Waals surface area contributed by atoms with Crippen molar-refractivity contribution >= 4 is 0 Å². The van der Waals surface area contributed by atoms with Gasteiger partial charge in [0.25, 0.3) is 0 Å². The van der Waals surface area contributed by atoms with Crippen LogP contribution in [0.3, 0.4) is 0 Å². The van der Waals surface area contributed by atoms with Gasteiger partial charge in [0.1, 0.15) is 6.10 Å². The van der Waals surface area contributed by atoms with Crippen molar-refractivity contribution in [2.75, 3.05) is 0 Å². The Balaban J connectivity index is 1.66. The van der Waals surface area contributed by atoms with Crippen LogP contribution in [0, 0.1) is 11.8 Å². The molecule has 2 aliphatic carbocycles. The third-order valence-corrected chi connectivity index (χ3v) is 4.27. The highest BCUT2D eigenvalue weighted by Crippen LogP contribution is 2.42. The van der Waals surface area contributed by atoms with Crippen LogP contribution in [-0.2, 0) is 6.42 Å². The molecule has 0 saturated heterocycles. The van der Waals surface area contributed by atoms with Crippen molar-refractivity contribution < 1.29 is 4.74 Å². The first kappa shape index (κ1) is 11.1. The fourth-order valence-electron chi connectivity index (χ4n) is 3.43. The first-order chi connectivity index (χ1) is 8.33. The summed E-state index contributed by atoms with van der Waals surface area (Å²) in [4.78, 5) is 4.53. The van der Waals surface area contributed by atoms with Crippen molar-refractivity contribution in [3.05, 3.63) is 23.9 Å². The second-order valence-electron chi connectivity index (χ2n) is 5.58. The molecule has 0 unspecified atom stereocenters. The Morgan fingerprint density at radius 1 is 1.18 bits per heavy atom. The van der Waals surface area contributed by atoms with Gasteiger partial charge in [-0.05, 0) is 43.6 Å². The second kappa shape index (κ2) is 4.67. The van der Waals surface area contributed by atoms with Gasteiger partial charge in [-0.1, -0.05) is 25.8 Å². The van der Waals surface area contributed by atoms with E-state index in [0.717, 1.165) is 29.8 Å². The van der Waals surface area contributed by atoms with Crippen molar-refractivity contribution in [2.45, 2.75) is 51.6 Å². The molecule has 0 amide bonds. The van der Waals surface area contributed by atoms with E-state index in [0.29, 0.717) is 6.10 Å². The molecule has 1 aromatic heterocycles. The molecule has 17 heavy (non-hydrogen) atoms. The summed E-state index contributed by atoms with van der Waals surface area (Å²) >= 11 is 0. The average molecular weight is 231 g/mol. The van der Waals surface area contributed by atoms with Gasteiger partial charge in [0.15, 0.2) is 0 Å². The van der Waals surface area contributed by atoms with E-state index in [1.807, 2.05) is 6.07 Å². The number of aryl methyl sites for hydroxylation is 1. The van der Waals surface area contributed by atoms with Crippen LogP contribution in [0.1, 0.15) is 44.7 Å². The van der Waals surface area contributed by atoms with Crippen LogP contribution in [0.2, 0.25) is 0 Å². The van der Waals surface area contributed by atoms with Crippen LogP contribution in [0.5, 0.6) is 5.88 Å². The molecule has 2 heteroatoms. The Bertz CT molecular complexity index is 378. The Kier molecular flexibility index (Phi) is 3.04. The summed E-state index contributed by atoms with van der Waals surface area (Å²) in [5.41, 5.74) is 1.13. The van der Waals surface area contributed by atoms with E-state index in [9.17, 15) is 0 Å². The predicted molar refractivity (Wildman–Crippen MR) is 68.1 cm³/mol. The minimum Gasteiger partial charge on any atom is -0.474 e. The summed E-state index contributed by atoms with van der Waals surface area (Å²) < 4.78 is 6.07. The molecular weight excluding hydrogens is 210 g/mol. The van der Waals surface area contributed by atoms with Crippen LogP contribution < -0.4 is 4.74 Å². The SMILES string of the molecule is CCc1cccc(O[C@@H]2C[C@@H]3CC[C@@H](C3)C2)n1. The van der Waals surface area contributed by atoms with Crippen molar-refractivity contribution in [3.63, 3.8) is 0 Å². The normalized spacial score (nSPS) is 31.5. The number of hydrogen-bond acceptors (Lipinski definition) is 2. The first-order valence-electron chi connectivity index (χ1n) is 6.96. The molecular formula is C15H21NO. The number of ether oxygens (including phenoxy) is 1. The highest BCUT2D eigenvalue weighted by molar-refractivity contribution is 5.16. The molecule has 0 aliphatic heterocycles. The lowest BCUT2D eigenvalue weighted by Crippen LogP contribution is -2.26. The average Bonchev–Trinajstić information content (AvgIpc) is 2.69. The van der Waals surface area contributed by atoms with Gasteiger partial charge < -0.3 is 4.74 Å². The van der Waals surface area contributed by atoms with E-state index >= 15 is 0 Å². The van der Waals surface area contributed by atoms with Gasteiger partial charge in [0.05, 0.1) is 0 Å². The van der Waals surface area contributed by atoms with E-state index in [1.54, 1.807) is 0 Å². The molecule has 0 aromatic carbocycles. The van der Waals surface area contributed by atoms with Crippen LogP contribution in [0.15, 0.2) is 18.2 Å². The van der Waals surface area contributed by atoms with Crippen molar-refractivity contribution in [1.82, 2.24) is 4.98 Å². The molecule has 1 aromatic rings. The highest BCUT2D eigenvalue weighted by Gasteiger charge is 2.35. The summed E-state index contributed by atoms with van der Waals surface area (Å²) in [6.07, 6.45) is 8.18. The van der Waals surface area contributed by atoms with Gasteiger partial charge in [-0.25, -0.2) is 4.98 Å². The maximum Gasteiger partial charge on any atom is 0.213 e. The Hall–Kier alpha value is -1.05. The molecule has 1 heterocycles. The molecule has 0 radical (unpaired) electrons. The largest absolute Gasteiger partial charge is 0.474 e. The van der Waals surface area contributed by atoms with Gasteiger partial charge in [-0.3, -0.25) is 0 Å². The van der Waals surface area contributed by atoms with Crippen molar-refractivity contribution in [3.8, 4) is 5.88 Å². The minimum atomic E-state index is 0.417. The molecule has 92 valence electrons. The Morgan fingerprint density at radius 2 is 1.94 bits per heavy atom. The highest BCUT2D eigenvalue weighted by atomic mass is 16.5. The number of rotatable bonds is 3. The summed E-state index contributed by atoms with van der Waals surface area (Å²) in [7, 11) is 0. The van der Waals surface area contributed by atoms with Gasteiger partial charge >= 0.3 is 0 Å². The fourth-order valence-corrected chi connectivity index (χ4v) is 3.43. The second-order valence-corrected chi connectivity index (χ2v) is 5.58. The number of fused-ring (bicyclic) bond motifs is 2. The number of aromatic nitrogens is 1.